The molecule has 0 bridgehead atoms. The molecule has 1 N–H and O–H groups in total. The first-order valence-electron chi connectivity index (χ1n) is 13.8. The molecule has 0 saturated carbocycles. The van der Waals surface area contributed by atoms with Crippen molar-refractivity contribution in [3.05, 3.63) is 100.0 Å². The summed E-state index contributed by atoms with van der Waals surface area (Å²) in [5.74, 6) is 1.20. The first-order chi connectivity index (χ1) is 20.8. The maximum atomic E-state index is 14.1. The SMILES string of the molecule is Cn1c(N2CCC(=O)NC2=O)cnc1-c1ccc2c(c1)C(CC#N)N(Cc1ccc(OCc3c(F)cccc3Cl)cc1)C2. The Hall–Kier alpha value is -4.72. The van der Waals surface area contributed by atoms with E-state index >= 15 is 0 Å². The Labute approximate surface area is 253 Å². The lowest BCUT2D eigenvalue weighted by atomic mass is 9.99. The van der Waals surface area contributed by atoms with Gasteiger partial charge in [-0.25, -0.2) is 14.2 Å². The van der Waals surface area contributed by atoms with Crippen LogP contribution in [0.15, 0.2) is 66.9 Å². The second-order valence-electron chi connectivity index (χ2n) is 10.6. The monoisotopic (exact) mass is 598 g/mol. The van der Waals surface area contributed by atoms with Gasteiger partial charge >= 0.3 is 6.03 Å². The van der Waals surface area contributed by atoms with Gasteiger partial charge in [-0.3, -0.25) is 19.9 Å². The molecular weight excluding hydrogens is 571 g/mol. The number of hydrogen-bond acceptors (Lipinski definition) is 6. The summed E-state index contributed by atoms with van der Waals surface area (Å²) in [5.41, 5.74) is 4.47. The van der Waals surface area contributed by atoms with Gasteiger partial charge in [0, 0.05) is 50.3 Å². The fourth-order valence-electron chi connectivity index (χ4n) is 5.66. The highest BCUT2D eigenvalue weighted by Crippen LogP contribution is 2.39. The van der Waals surface area contributed by atoms with Crippen molar-refractivity contribution >= 4 is 29.4 Å². The van der Waals surface area contributed by atoms with Crippen LogP contribution in [0.3, 0.4) is 0 Å². The van der Waals surface area contributed by atoms with Gasteiger partial charge in [0.1, 0.15) is 29.8 Å². The minimum Gasteiger partial charge on any atom is -0.489 e. The molecule has 0 aliphatic carbocycles. The molecule has 3 heterocycles. The Morgan fingerprint density at radius 3 is 2.72 bits per heavy atom. The van der Waals surface area contributed by atoms with E-state index < -0.39 is 11.8 Å². The molecule has 43 heavy (non-hydrogen) atoms. The maximum Gasteiger partial charge on any atom is 0.329 e. The van der Waals surface area contributed by atoms with Crippen LogP contribution >= 0.6 is 11.6 Å². The number of aromatic nitrogens is 2. The Bertz CT molecular complexity index is 1730. The van der Waals surface area contributed by atoms with E-state index in [2.05, 4.69) is 33.4 Å². The van der Waals surface area contributed by atoms with Crippen LogP contribution < -0.4 is 15.0 Å². The number of urea groups is 1. The van der Waals surface area contributed by atoms with Gasteiger partial charge in [0.25, 0.3) is 0 Å². The average Bonchev–Trinajstić information content (AvgIpc) is 3.53. The third-order valence-electron chi connectivity index (χ3n) is 7.91. The number of rotatable bonds is 8. The van der Waals surface area contributed by atoms with Crippen LogP contribution in [0, 0.1) is 17.1 Å². The molecule has 4 aromatic rings. The average molecular weight is 599 g/mol. The molecular formula is C32H28ClFN6O3. The molecule has 1 aromatic heterocycles. The number of nitrogens with zero attached hydrogens (tertiary/aromatic N) is 5. The van der Waals surface area contributed by atoms with Crippen molar-refractivity contribution in [3.63, 3.8) is 0 Å². The molecule has 1 atom stereocenters. The molecule has 1 fully saturated rings. The summed E-state index contributed by atoms with van der Waals surface area (Å²) in [6.07, 6.45) is 2.19. The largest absolute Gasteiger partial charge is 0.489 e. The molecule has 0 spiro atoms. The van der Waals surface area contributed by atoms with E-state index in [-0.39, 0.29) is 25.0 Å². The number of nitriles is 1. The lowest BCUT2D eigenvalue weighted by molar-refractivity contribution is -0.120. The van der Waals surface area contributed by atoms with Crippen LogP contribution in [-0.2, 0) is 31.5 Å². The van der Waals surface area contributed by atoms with Gasteiger partial charge in [0.05, 0.1) is 23.7 Å². The number of imide groups is 1. The first kappa shape index (κ1) is 28.4. The molecule has 6 rings (SSSR count). The van der Waals surface area contributed by atoms with Gasteiger partial charge in [-0.2, -0.15) is 5.26 Å². The molecule has 0 radical (unpaired) electrons. The summed E-state index contributed by atoms with van der Waals surface area (Å²) in [6, 6.07) is 20.1. The second-order valence-corrected chi connectivity index (χ2v) is 11.0. The van der Waals surface area contributed by atoms with E-state index in [1.54, 1.807) is 18.3 Å². The number of ether oxygens (including phenoxy) is 1. The number of carbonyl (C=O) groups excluding carboxylic acids is 2. The lowest BCUT2D eigenvalue weighted by Crippen LogP contribution is -2.50. The van der Waals surface area contributed by atoms with Crippen LogP contribution in [0.4, 0.5) is 15.0 Å². The summed E-state index contributed by atoms with van der Waals surface area (Å²) in [7, 11) is 1.84. The van der Waals surface area contributed by atoms with E-state index in [0.717, 1.165) is 22.3 Å². The number of carbonyl (C=O) groups is 2. The summed E-state index contributed by atoms with van der Waals surface area (Å²) < 4.78 is 21.7. The molecule has 9 nitrogen and oxygen atoms in total. The highest BCUT2D eigenvalue weighted by atomic mass is 35.5. The highest BCUT2D eigenvalue weighted by molar-refractivity contribution is 6.31. The second kappa shape index (κ2) is 11.9. The van der Waals surface area contributed by atoms with Gasteiger partial charge in [0.15, 0.2) is 0 Å². The minimum absolute atomic E-state index is 0.0290. The molecule has 218 valence electrons. The van der Waals surface area contributed by atoms with Crippen LogP contribution in [-0.4, -0.2) is 32.9 Å². The molecule has 1 saturated heterocycles. The lowest BCUT2D eigenvalue weighted by Gasteiger charge is -2.26. The summed E-state index contributed by atoms with van der Waals surface area (Å²) >= 11 is 6.11. The minimum atomic E-state index is -0.460. The van der Waals surface area contributed by atoms with Crippen molar-refractivity contribution in [3.8, 4) is 23.2 Å². The normalized spacial score (nSPS) is 16.6. The molecule has 2 aliphatic heterocycles. The van der Waals surface area contributed by atoms with Crippen molar-refractivity contribution in [2.45, 2.75) is 38.6 Å². The van der Waals surface area contributed by atoms with Crippen molar-refractivity contribution in [1.82, 2.24) is 19.8 Å². The van der Waals surface area contributed by atoms with Crippen LogP contribution in [0.25, 0.3) is 11.4 Å². The van der Waals surface area contributed by atoms with Crippen molar-refractivity contribution in [2.75, 3.05) is 11.4 Å². The molecule has 3 amide bonds. The van der Waals surface area contributed by atoms with Gasteiger partial charge < -0.3 is 9.30 Å². The predicted octanol–water partition coefficient (Wildman–Crippen LogP) is 5.88. The quantitative estimate of drug-likeness (QED) is 0.272. The Morgan fingerprint density at radius 2 is 1.98 bits per heavy atom. The van der Waals surface area contributed by atoms with Gasteiger partial charge in [-0.15, -0.1) is 0 Å². The zero-order chi connectivity index (χ0) is 30.1. The predicted molar refractivity (Wildman–Crippen MR) is 159 cm³/mol. The van der Waals surface area contributed by atoms with E-state index in [9.17, 15) is 19.2 Å². The number of anilines is 1. The van der Waals surface area contributed by atoms with E-state index in [1.807, 2.05) is 41.9 Å². The zero-order valence-corrected chi connectivity index (χ0v) is 24.1. The summed E-state index contributed by atoms with van der Waals surface area (Å²) in [4.78, 5) is 32.3. The van der Waals surface area contributed by atoms with Crippen molar-refractivity contribution < 1.29 is 18.7 Å². The Kier molecular flexibility index (Phi) is 7.84. The number of amides is 3. The number of nitrogens with one attached hydrogen (secondary N) is 1. The zero-order valence-electron chi connectivity index (χ0n) is 23.4. The number of fused-ring (bicyclic) bond motifs is 1. The number of imidazole rings is 1. The fraction of sp³-hybridized carbons (Fsp3) is 0.250. The van der Waals surface area contributed by atoms with Crippen LogP contribution in [0.5, 0.6) is 5.75 Å². The standard InChI is InChI=1S/C32H28ClFN6O3/c1-38-30(40-14-12-29(41)37-32(40)42)16-36-31(38)21-7-8-22-18-39(28(11-13-35)24(22)15-21)17-20-5-9-23(10-6-20)43-19-25-26(33)3-2-4-27(25)34/h2-10,15-16,28H,11-12,14,17-19H2,1H3,(H,37,41,42). The molecule has 3 aromatic carbocycles. The van der Waals surface area contributed by atoms with E-state index in [4.69, 9.17) is 16.3 Å². The highest BCUT2D eigenvalue weighted by Gasteiger charge is 2.31. The molecule has 2 aliphatic rings. The van der Waals surface area contributed by atoms with E-state index in [0.29, 0.717) is 54.0 Å². The van der Waals surface area contributed by atoms with Crippen molar-refractivity contribution in [2.24, 2.45) is 7.05 Å². The summed E-state index contributed by atoms with van der Waals surface area (Å²) in [5, 5.41) is 12.3. The first-order valence-corrected chi connectivity index (χ1v) is 14.2. The topological polar surface area (TPSA) is 103 Å². The Morgan fingerprint density at radius 1 is 1.16 bits per heavy atom. The third kappa shape index (κ3) is 5.69. The summed E-state index contributed by atoms with van der Waals surface area (Å²) in [6.45, 7) is 1.65. The van der Waals surface area contributed by atoms with Crippen LogP contribution in [0.1, 0.15) is 41.1 Å². The molecule has 11 heteroatoms. The molecule has 1 unspecified atom stereocenters. The van der Waals surface area contributed by atoms with Gasteiger partial charge in [0.2, 0.25) is 5.91 Å². The maximum absolute atomic E-state index is 14.1. The number of hydrogen-bond donors (Lipinski definition) is 1. The number of benzene rings is 3. The smallest absolute Gasteiger partial charge is 0.329 e. The van der Waals surface area contributed by atoms with E-state index in [1.165, 1.54) is 11.0 Å². The number of halogens is 2. The van der Waals surface area contributed by atoms with Crippen molar-refractivity contribution in [1.29, 1.82) is 5.26 Å². The van der Waals surface area contributed by atoms with Gasteiger partial charge in [-0.1, -0.05) is 41.9 Å². The third-order valence-corrected chi connectivity index (χ3v) is 8.26. The fourth-order valence-corrected chi connectivity index (χ4v) is 5.88. The van der Waals surface area contributed by atoms with Gasteiger partial charge in [-0.05, 0) is 47.0 Å². The van der Waals surface area contributed by atoms with Crippen LogP contribution in [0.2, 0.25) is 5.02 Å². The Balaban J connectivity index is 1.17.